The van der Waals surface area contributed by atoms with Crippen LogP contribution in [-0.2, 0) is 9.53 Å². The minimum atomic E-state index is -0.0923. The Bertz CT molecular complexity index is 591. The third kappa shape index (κ3) is 3.40. The smallest absolute Gasteiger partial charge is 0.302 e. The molecule has 0 saturated heterocycles. The number of hydrogen-bond acceptors (Lipinski definition) is 2. The van der Waals surface area contributed by atoms with Crippen LogP contribution in [0.1, 0.15) is 91.9 Å². The fraction of sp³-hybridized carbons (Fsp3) is 0.960. The molecule has 4 aliphatic carbocycles. The average Bonchev–Trinajstić information content (AvgIpc) is 2.99. The van der Waals surface area contributed by atoms with Gasteiger partial charge >= 0.3 is 5.97 Å². The molecule has 9 atom stereocenters. The van der Waals surface area contributed by atoms with Crippen molar-refractivity contribution in [2.24, 2.45) is 46.3 Å². The zero-order chi connectivity index (χ0) is 20.1. The van der Waals surface area contributed by atoms with Gasteiger partial charge in [0.1, 0.15) is 6.10 Å². The highest BCUT2D eigenvalue weighted by atomic mass is 79.9. The molecule has 160 valence electrons. The van der Waals surface area contributed by atoms with Crippen molar-refractivity contribution < 1.29 is 9.53 Å². The molecule has 0 aromatic rings. The molecule has 0 bridgehead atoms. The van der Waals surface area contributed by atoms with E-state index >= 15 is 0 Å². The van der Waals surface area contributed by atoms with E-state index in [0.717, 1.165) is 53.7 Å². The molecular weight excluding hydrogens is 412 g/mol. The Morgan fingerprint density at radius 1 is 1.04 bits per heavy atom. The van der Waals surface area contributed by atoms with Crippen LogP contribution < -0.4 is 0 Å². The molecule has 0 N–H and O–H groups in total. The number of fused-ring (bicyclic) bond motifs is 5. The van der Waals surface area contributed by atoms with Gasteiger partial charge in [-0.25, -0.2) is 0 Å². The second-order valence-electron chi connectivity index (χ2n) is 11.3. The Kier molecular flexibility index (Phi) is 5.97. The van der Waals surface area contributed by atoms with Gasteiger partial charge in [-0.1, -0.05) is 36.7 Å². The summed E-state index contributed by atoms with van der Waals surface area (Å²) < 4.78 is 5.63. The highest BCUT2D eigenvalue weighted by molar-refractivity contribution is 9.09. The maximum atomic E-state index is 11.4. The predicted octanol–water partition coefficient (Wildman–Crippen LogP) is 7.00. The molecule has 4 fully saturated rings. The van der Waals surface area contributed by atoms with Gasteiger partial charge in [-0.3, -0.25) is 4.79 Å². The van der Waals surface area contributed by atoms with E-state index in [1.165, 1.54) is 51.4 Å². The lowest BCUT2D eigenvalue weighted by atomic mass is 9.44. The molecular formula is C25H41BrO2. The van der Waals surface area contributed by atoms with E-state index in [4.69, 9.17) is 4.74 Å². The average molecular weight is 454 g/mol. The second kappa shape index (κ2) is 7.89. The van der Waals surface area contributed by atoms with Crippen molar-refractivity contribution in [3.8, 4) is 0 Å². The molecule has 0 aliphatic heterocycles. The Morgan fingerprint density at radius 3 is 2.46 bits per heavy atom. The molecule has 4 saturated carbocycles. The third-order valence-corrected chi connectivity index (χ3v) is 10.7. The van der Waals surface area contributed by atoms with Gasteiger partial charge in [0, 0.05) is 12.3 Å². The van der Waals surface area contributed by atoms with Gasteiger partial charge in [0.25, 0.3) is 0 Å². The minimum absolute atomic E-state index is 0.0923. The molecule has 0 aromatic carbocycles. The Hall–Kier alpha value is -0.0500. The summed E-state index contributed by atoms with van der Waals surface area (Å²) in [5.74, 6) is 5.28. The summed E-state index contributed by atoms with van der Waals surface area (Å²) in [5.41, 5.74) is 1.07. The predicted molar refractivity (Wildman–Crippen MR) is 118 cm³/mol. The van der Waals surface area contributed by atoms with Crippen molar-refractivity contribution >= 4 is 21.9 Å². The molecule has 3 heteroatoms. The molecule has 4 aliphatic rings. The molecule has 28 heavy (non-hydrogen) atoms. The summed E-state index contributed by atoms with van der Waals surface area (Å²) in [6, 6.07) is 0. The lowest BCUT2D eigenvalue weighted by Gasteiger charge is -2.61. The number of alkyl halides is 1. The molecule has 0 spiro atoms. The molecule has 0 unspecified atom stereocenters. The van der Waals surface area contributed by atoms with E-state index in [0.29, 0.717) is 10.8 Å². The normalized spacial score (nSPS) is 48.9. The van der Waals surface area contributed by atoms with Crippen LogP contribution in [0.15, 0.2) is 0 Å². The lowest BCUT2D eigenvalue weighted by Crippen LogP contribution is -2.54. The van der Waals surface area contributed by atoms with Crippen LogP contribution in [0.2, 0.25) is 0 Å². The second-order valence-corrected chi connectivity index (χ2v) is 12.1. The van der Waals surface area contributed by atoms with Crippen molar-refractivity contribution in [1.29, 1.82) is 0 Å². The van der Waals surface area contributed by atoms with Crippen LogP contribution in [-0.4, -0.2) is 17.4 Å². The Morgan fingerprint density at radius 2 is 1.75 bits per heavy atom. The standard InChI is InChI=1S/C25H41BrO2/c1-16(11-14-26)21-7-8-22-20-6-5-18-15-19(28-17(2)27)9-12-24(18,3)23(20)10-13-25(21,22)4/h16,18-23H,5-15H2,1-4H3/t16-,18+,19+,20+,21-,22+,23+,24+,25-/m1/s1. The van der Waals surface area contributed by atoms with Gasteiger partial charge in [0.05, 0.1) is 0 Å². The van der Waals surface area contributed by atoms with Crippen LogP contribution >= 0.6 is 15.9 Å². The van der Waals surface area contributed by atoms with E-state index in [-0.39, 0.29) is 12.1 Å². The summed E-state index contributed by atoms with van der Waals surface area (Å²) in [4.78, 5) is 11.4. The number of halogens is 1. The maximum absolute atomic E-state index is 11.4. The summed E-state index contributed by atoms with van der Waals surface area (Å²) in [7, 11) is 0. The number of ether oxygens (including phenoxy) is 1. The number of hydrogen-bond donors (Lipinski definition) is 0. The first-order valence-electron chi connectivity index (χ1n) is 12.0. The topological polar surface area (TPSA) is 26.3 Å². The first-order chi connectivity index (χ1) is 13.3. The lowest BCUT2D eigenvalue weighted by molar-refractivity contribution is -0.160. The van der Waals surface area contributed by atoms with Crippen LogP contribution in [0, 0.1) is 46.3 Å². The molecule has 0 heterocycles. The van der Waals surface area contributed by atoms with Gasteiger partial charge in [-0.2, -0.15) is 0 Å². The summed E-state index contributed by atoms with van der Waals surface area (Å²) in [5, 5.41) is 1.15. The third-order valence-electron chi connectivity index (χ3n) is 10.3. The minimum Gasteiger partial charge on any atom is -0.463 e. The molecule has 0 amide bonds. The number of rotatable bonds is 4. The van der Waals surface area contributed by atoms with Crippen molar-refractivity contribution in [3.05, 3.63) is 0 Å². The van der Waals surface area contributed by atoms with E-state index < -0.39 is 0 Å². The van der Waals surface area contributed by atoms with E-state index in [2.05, 4.69) is 36.7 Å². The number of carbonyl (C=O) groups excluding carboxylic acids is 1. The SMILES string of the molecule is CC(=O)O[C@H]1CC[C@@]2(C)[C@@H](CC[C@@H]3[C@@H]2CC[C@]2(C)[C@@H]([C@H](C)CCBr)CC[C@@H]32)C1. The van der Waals surface area contributed by atoms with Crippen molar-refractivity contribution in [2.45, 2.75) is 98.0 Å². The zero-order valence-electron chi connectivity index (χ0n) is 18.5. The first-order valence-corrected chi connectivity index (χ1v) is 13.1. The first kappa shape index (κ1) is 21.2. The fourth-order valence-electron chi connectivity index (χ4n) is 8.91. The monoisotopic (exact) mass is 452 g/mol. The van der Waals surface area contributed by atoms with Crippen LogP contribution in [0.5, 0.6) is 0 Å². The summed E-state index contributed by atoms with van der Waals surface area (Å²) >= 11 is 3.69. The highest BCUT2D eigenvalue weighted by Gasteiger charge is 2.60. The molecule has 2 nitrogen and oxygen atoms in total. The van der Waals surface area contributed by atoms with Gasteiger partial charge in [0.15, 0.2) is 0 Å². The van der Waals surface area contributed by atoms with Crippen LogP contribution in [0.4, 0.5) is 0 Å². The Labute approximate surface area is 181 Å². The quantitative estimate of drug-likeness (QED) is 0.338. The zero-order valence-corrected chi connectivity index (χ0v) is 20.1. The van der Waals surface area contributed by atoms with Crippen molar-refractivity contribution in [2.75, 3.05) is 5.33 Å². The van der Waals surface area contributed by atoms with Gasteiger partial charge in [-0.15, -0.1) is 0 Å². The van der Waals surface area contributed by atoms with Gasteiger partial charge < -0.3 is 4.74 Å². The summed E-state index contributed by atoms with van der Waals surface area (Å²) in [6.45, 7) is 9.36. The maximum Gasteiger partial charge on any atom is 0.302 e. The Balaban J connectivity index is 1.50. The molecule has 4 rings (SSSR count). The fourth-order valence-corrected chi connectivity index (χ4v) is 9.63. The number of carbonyl (C=O) groups is 1. The van der Waals surface area contributed by atoms with E-state index in [9.17, 15) is 4.79 Å². The van der Waals surface area contributed by atoms with Crippen LogP contribution in [0.25, 0.3) is 0 Å². The molecule has 0 radical (unpaired) electrons. The van der Waals surface area contributed by atoms with E-state index in [1.54, 1.807) is 6.92 Å². The van der Waals surface area contributed by atoms with Gasteiger partial charge in [0.2, 0.25) is 0 Å². The van der Waals surface area contributed by atoms with Crippen molar-refractivity contribution in [3.63, 3.8) is 0 Å². The van der Waals surface area contributed by atoms with Crippen molar-refractivity contribution in [1.82, 2.24) is 0 Å². The highest BCUT2D eigenvalue weighted by Crippen LogP contribution is 2.68. The van der Waals surface area contributed by atoms with E-state index in [1.807, 2.05) is 0 Å². The number of esters is 1. The largest absolute Gasteiger partial charge is 0.463 e. The van der Waals surface area contributed by atoms with Gasteiger partial charge in [-0.05, 0) is 111 Å². The van der Waals surface area contributed by atoms with Crippen LogP contribution in [0.3, 0.4) is 0 Å². The summed E-state index contributed by atoms with van der Waals surface area (Å²) in [6.07, 6.45) is 13.6. The molecule has 0 aromatic heterocycles.